The summed E-state index contributed by atoms with van der Waals surface area (Å²) in [6, 6.07) is 0.978. The first kappa shape index (κ1) is 11.9. The van der Waals surface area contributed by atoms with E-state index in [2.05, 4.69) is 17.6 Å². The van der Waals surface area contributed by atoms with Crippen LogP contribution in [0.5, 0.6) is 0 Å². The summed E-state index contributed by atoms with van der Waals surface area (Å²) in [7, 11) is 0. The van der Waals surface area contributed by atoms with Gasteiger partial charge < -0.3 is 10.6 Å². The third kappa shape index (κ3) is 3.21. The molecule has 3 nitrogen and oxygen atoms in total. The van der Waals surface area contributed by atoms with Crippen molar-refractivity contribution < 1.29 is 4.79 Å². The van der Waals surface area contributed by atoms with E-state index >= 15 is 0 Å². The molecule has 3 unspecified atom stereocenters. The van der Waals surface area contributed by atoms with Crippen molar-refractivity contribution in [3.05, 3.63) is 0 Å². The molecular formula is C13H24N2O. The minimum atomic E-state index is -0.0307. The number of carbonyl (C=O) groups is 1. The normalized spacial score (nSPS) is 32.1. The van der Waals surface area contributed by atoms with Gasteiger partial charge in [0.15, 0.2) is 0 Å². The van der Waals surface area contributed by atoms with Crippen molar-refractivity contribution in [2.75, 3.05) is 0 Å². The first-order valence-electron chi connectivity index (χ1n) is 6.73. The molecule has 1 amide bonds. The number of hydrogen-bond donors (Lipinski definition) is 2. The summed E-state index contributed by atoms with van der Waals surface area (Å²) in [5.74, 6) is 0.941. The first-order valence-corrected chi connectivity index (χ1v) is 6.73. The molecule has 0 heterocycles. The standard InChI is InChI=1S/C13H24N2O/c1-9-8-12(9)14-10(2)13(16)15-11-6-4-3-5-7-11/h9-12,14H,3-8H2,1-2H3,(H,15,16). The van der Waals surface area contributed by atoms with Crippen LogP contribution >= 0.6 is 0 Å². The topological polar surface area (TPSA) is 41.1 Å². The predicted octanol–water partition coefficient (Wildman–Crippen LogP) is 1.82. The quantitative estimate of drug-likeness (QED) is 0.765. The van der Waals surface area contributed by atoms with Gasteiger partial charge >= 0.3 is 0 Å². The molecule has 0 aromatic rings. The van der Waals surface area contributed by atoms with Gasteiger partial charge in [0, 0.05) is 12.1 Å². The van der Waals surface area contributed by atoms with Gasteiger partial charge in [-0.1, -0.05) is 26.2 Å². The number of carbonyl (C=O) groups excluding carboxylic acids is 1. The van der Waals surface area contributed by atoms with Crippen molar-refractivity contribution in [2.24, 2.45) is 5.92 Å². The number of hydrogen-bond acceptors (Lipinski definition) is 2. The highest BCUT2D eigenvalue weighted by molar-refractivity contribution is 5.81. The van der Waals surface area contributed by atoms with Gasteiger partial charge in [0.2, 0.25) is 5.91 Å². The van der Waals surface area contributed by atoms with Crippen LogP contribution in [0.15, 0.2) is 0 Å². The largest absolute Gasteiger partial charge is 0.352 e. The Kier molecular flexibility index (Phi) is 3.85. The Balaban J connectivity index is 1.69. The number of nitrogens with one attached hydrogen (secondary N) is 2. The third-order valence-corrected chi connectivity index (χ3v) is 3.92. The second-order valence-corrected chi connectivity index (χ2v) is 5.55. The van der Waals surface area contributed by atoms with E-state index in [-0.39, 0.29) is 11.9 Å². The molecule has 0 radical (unpaired) electrons. The van der Waals surface area contributed by atoms with Gasteiger partial charge in [-0.05, 0) is 32.1 Å². The van der Waals surface area contributed by atoms with Crippen LogP contribution in [0.4, 0.5) is 0 Å². The smallest absolute Gasteiger partial charge is 0.237 e. The Labute approximate surface area is 98.4 Å². The lowest BCUT2D eigenvalue weighted by atomic mass is 9.95. The van der Waals surface area contributed by atoms with Crippen LogP contribution in [0.25, 0.3) is 0 Å². The molecule has 16 heavy (non-hydrogen) atoms. The summed E-state index contributed by atoms with van der Waals surface area (Å²) in [5, 5.41) is 6.55. The molecule has 0 bridgehead atoms. The molecular weight excluding hydrogens is 200 g/mol. The molecule has 2 rings (SSSR count). The van der Waals surface area contributed by atoms with Crippen LogP contribution in [-0.2, 0) is 4.79 Å². The zero-order valence-electron chi connectivity index (χ0n) is 10.5. The molecule has 0 aliphatic heterocycles. The zero-order chi connectivity index (χ0) is 11.5. The minimum absolute atomic E-state index is 0.0307. The average molecular weight is 224 g/mol. The lowest BCUT2D eigenvalue weighted by Gasteiger charge is -2.24. The van der Waals surface area contributed by atoms with Gasteiger partial charge in [-0.2, -0.15) is 0 Å². The minimum Gasteiger partial charge on any atom is -0.352 e. The van der Waals surface area contributed by atoms with Crippen molar-refractivity contribution in [3.63, 3.8) is 0 Å². The van der Waals surface area contributed by atoms with E-state index in [0.29, 0.717) is 12.1 Å². The summed E-state index contributed by atoms with van der Waals surface area (Å²) in [5.41, 5.74) is 0. The molecule has 3 heteroatoms. The van der Waals surface area contributed by atoms with Crippen molar-refractivity contribution in [1.29, 1.82) is 0 Å². The maximum Gasteiger partial charge on any atom is 0.237 e. The monoisotopic (exact) mass is 224 g/mol. The maximum absolute atomic E-state index is 11.9. The average Bonchev–Trinajstić information content (AvgIpc) is 2.95. The van der Waals surface area contributed by atoms with Crippen LogP contribution in [-0.4, -0.2) is 24.0 Å². The fourth-order valence-electron chi connectivity index (χ4n) is 2.52. The van der Waals surface area contributed by atoms with E-state index in [0.717, 1.165) is 18.8 Å². The highest BCUT2D eigenvalue weighted by atomic mass is 16.2. The molecule has 0 saturated heterocycles. The fourth-order valence-corrected chi connectivity index (χ4v) is 2.52. The highest BCUT2D eigenvalue weighted by Gasteiger charge is 2.34. The first-order chi connectivity index (χ1) is 7.66. The Morgan fingerprint density at radius 3 is 2.44 bits per heavy atom. The lowest BCUT2D eigenvalue weighted by Crippen LogP contribution is -2.47. The van der Waals surface area contributed by atoms with E-state index < -0.39 is 0 Å². The third-order valence-electron chi connectivity index (χ3n) is 3.92. The van der Waals surface area contributed by atoms with Gasteiger partial charge in [-0.15, -0.1) is 0 Å². The second-order valence-electron chi connectivity index (χ2n) is 5.55. The predicted molar refractivity (Wildman–Crippen MR) is 65.2 cm³/mol. The van der Waals surface area contributed by atoms with Gasteiger partial charge in [-0.3, -0.25) is 4.79 Å². The molecule has 0 spiro atoms. The van der Waals surface area contributed by atoms with E-state index in [1.807, 2.05) is 6.92 Å². The van der Waals surface area contributed by atoms with E-state index in [1.165, 1.54) is 25.7 Å². The molecule has 2 N–H and O–H groups in total. The van der Waals surface area contributed by atoms with Crippen molar-refractivity contribution in [1.82, 2.24) is 10.6 Å². The van der Waals surface area contributed by atoms with E-state index in [9.17, 15) is 4.79 Å². The van der Waals surface area contributed by atoms with Crippen molar-refractivity contribution in [3.8, 4) is 0 Å². The fraction of sp³-hybridized carbons (Fsp3) is 0.923. The summed E-state index contributed by atoms with van der Waals surface area (Å²) >= 11 is 0. The Morgan fingerprint density at radius 1 is 1.25 bits per heavy atom. The van der Waals surface area contributed by atoms with Gasteiger partial charge in [0.1, 0.15) is 0 Å². The van der Waals surface area contributed by atoms with Gasteiger partial charge in [0.05, 0.1) is 6.04 Å². The Morgan fingerprint density at radius 2 is 1.88 bits per heavy atom. The Bertz CT molecular complexity index is 248. The molecule has 3 atom stereocenters. The van der Waals surface area contributed by atoms with Crippen LogP contribution in [0.2, 0.25) is 0 Å². The molecule has 92 valence electrons. The zero-order valence-corrected chi connectivity index (χ0v) is 10.5. The lowest BCUT2D eigenvalue weighted by molar-refractivity contribution is -0.123. The number of rotatable bonds is 4. The summed E-state index contributed by atoms with van der Waals surface area (Å²) < 4.78 is 0. The molecule has 2 fully saturated rings. The molecule has 0 aromatic carbocycles. The van der Waals surface area contributed by atoms with Gasteiger partial charge in [0.25, 0.3) is 0 Å². The van der Waals surface area contributed by atoms with Crippen molar-refractivity contribution >= 4 is 5.91 Å². The maximum atomic E-state index is 11.9. The number of amides is 1. The molecule has 2 saturated carbocycles. The second kappa shape index (κ2) is 5.17. The van der Waals surface area contributed by atoms with Crippen molar-refractivity contribution in [2.45, 2.75) is 70.5 Å². The Hall–Kier alpha value is -0.570. The van der Waals surface area contributed by atoms with Crippen LogP contribution in [0.3, 0.4) is 0 Å². The summed E-state index contributed by atoms with van der Waals surface area (Å²) in [6.07, 6.45) is 7.43. The van der Waals surface area contributed by atoms with Gasteiger partial charge in [-0.25, -0.2) is 0 Å². The molecule has 2 aliphatic rings. The van der Waals surface area contributed by atoms with E-state index in [1.54, 1.807) is 0 Å². The molecule has 2 aliphatic carbocycles. The summed E-state index contributed by atoms with van der Waals surface area (Å²) in [4.78, 5) is 11.9. The SMILES string of the molecule is CC(NC1CC1C)C(=O)NC1CCCCC1. The van der Waals surface area contributed by atoms with Crippen LogP contribution < -0.4 is 10.6 Å². The van der Waals surface area contributed by atoms with Crippen LogP contribution in [0.1, 0.15) is 52.4 Å². The van der Waals surface area contributed by atoms with E-state index in [4.69, 9.17) is 0 Å². The summed E-state index contributed by atoms with van der Waals surface area (Å²) in [6.45, 7) is 4.20. The van der Waals surface area contributed by atoms with Crippen LogP contribution in [0, 0.1) is 5.92 Å². The molecule has 0 aromatic heterocycles. The highest BCUT2D eigenvalue weighted by Crippen LogP contribution is 2.29.